The maximum Gasteiger partial charge on any atom is 0.217 e. The van der Waals surface area contributed by atoms with Gasteiger partial charge in [0.15, 0.2) is 5.78 Å². The van der Waals surface area contributed by atoms with Crippen LogP contribution >= 0.6 is 11.3 Å². The maximum atomic E-state index is 13.7. The largest absolute Gasteiger partial charge is 0.390 e. The van der Waals surface area contributed by atoms with E-state index in [1.54, 1.807) is 6.92 Å². The van der Waals surface area contributed by atoms with Gasteiger partial charge < -0.3 is 15.7 Å². The Kier molecular flexibility index (Phi) is 9.07. The molecule has 0 bridgehead atoms. The van der Waals surface area contributed by atoms with Gasteiger partial charge in [-0.3, -0.25) is 9.59 Å². The molecule has 1 amide bonds. The number of thiophene rings is 1. The molecule has 202 valence electrons. The maximum absolute atomic E-state index is 13.7. The fourth-order valence-electron chi connectivity index (χ4n) is 5.36. The first-order valence-electron chi connectivity index (χ1n) is 13.0. The van der Waals surface area contributed by atoms with E-state index in [1.807, 2.05) is 23.6 Å². The Morgan fingerprint density at radius 3 is 2.34 bits per heavy atom. The fourth-order valence-corrected chi connectivity index (χ4v) is 6.18. The van der Waals surface area contributed by atoms with Crippen LogP contribution in [-0.4, -0.2) is 35.5 Å². The molecule has 1 heterocycles. The average Bonchev–Trinajstić information content (AvgIpc) is 3.38. The molecular weight excluding hydrogens is 506 g/mol. The Balaban J connectivity index is 1.55. The first-order valence-corrected chi connectivity index (χ1v) is 13.9. The lowest BCUT2D eigenvalue weighted by molar-refractivity contribution is -0.120. The second-order valence-corrected chi connectivity index (χ2v) is 11.1. The average molecular weight is 541 g/mol. The van der Waals surface area contributed by atoms with Gasteiger partial charge in [0.25, 0.3) is 0 Å². The standard InChI is InChI=1S/C30H34F2N2O3S/c1-19(35)29-15-23(18-38-29)22-7-6-8-24(14-22)30(9-4-3-5-10-30)33-17-28(37)27(34-20(2)36)13-21-11-25(31)16-26(32)12-21/h6-8,11-12,14-16,18,27-28,33,37H,3-5,9-10,13,17H2,1-2H3,(H,34,36). The van der Waals surface area contributed by atoms with Crippen molar-refractivity contribution in [2.24, 2.45) is 0 Å². The molecule has 5 nitrogen and oxygen atoms in total. The van der Waals surface area contributed by atoms with Gasteiger partial charge in [-0.05, 0) is 78.1 Å². The molecule has 1 fully saturated rings. The molecule has 1 aliphatic carbocycles. The highest BCUT2D eigenvalue weighted by molar-refractivity contribution is 7.12. The lowest BCUT2D eigenvalue weighted by Gasteiger charge is -2.40. The van der Waals surface area contributed by atoms with Crippen LogP contribution in [0.3, 0.4) is 0 Å². The van der Waals surface area contributed by atoms with Gasteiger partial charge in [-0.25, -0.2) is 8.78 Å². The number of amides is 1. The number of aliphatic hydroxyl groups is 1. The molecule has 1 aromatic heterocycles. The van der Waals surface area contributed by atoms with Crippen LogP contribution in [-0.2, 0) is 16.8 Å². The van der Waals surface area contributed by atoms with E-state index in [-0.39, 0.29) is 30.2 Å². The molecule has 1 saturated carbocycles. The molecule has 3 N–H and O–H groups in total. The highest BCUT2D eigenvalue weighted by Crippen LogP contribution is 2.39. The van der Waals surface area contributed by atoms with Crippen LogP contribution in [0.15, 0.2) is 53.9 Å². The molecule has 8 heteroatoms. The molecule has 3 aromatic rings. The molecular formula is C30H34F2N2O3S. The Morgan fingerprint density at radius 2 is 1.71 bits per heavy atom. The lowest BCUT2D eigenvalue weighted by atomic mass is 9.76. The molecule has 2 atom stereocenters. The van der Waals surface area contributed by atoms with Crippen molar-refractivity contribution in [3.63, 3.8) is 0 Å². The van der Waals surface area contributed by atoms with Crippen LogP contribution in [0.1, 0.15) is 66.8 Å². The number of rotatable bonds is 10. The minimum atomic E-state index is -0.984. The Bertz CT molecular complexity index is 1270. The molecule has 2 unspecified atom stereocenters. The number of benzene rings is 2. The number of Topliss-reactive ketones (excluding diaryl/α,β-unsaturated/α-hetero) is 1. The number of carbonyl (C=O) groups is 2. The van der Waals surface area contributed by atoms with E-state index in [2.05, 4.69) is 22.8 Å². The third-order valence-electron chi connectivity index (χ3n) is 7.28. The predicted octanol–water partition coefficient (Wildman–Crippen LogP) is 5.75. The van der Waals surface area contributed by atoms with E-state index >= 15 is 0 Å². The van der Waals surface area contributed by atoms with Crippen molar-refractivity contribution >= 4 is 23.0 Å². The summed E-state index contributed by atoms with van der Waals surface area (Å²) in [6, 6.07) is 12.7. The molecule has 0 spiro atoms. The summed E-state index contributed by atoms with van der Waals surface area (Å²) >= 11 is 1.44. The highest BCUT2D eigenvalue weighted by Gasteiger charge is 2.35. The van der Waals surface area contributed by atoms with E-state index < -0.39 is 23.8 Å². The van der Waals surface area contributed by atoms with Gasteiger partial charge in [0.1, 0.15) is 11.6 Å². The Labute approximate surface area is 226 Å². The minimum absolute atomic E-state index is 0.0477. The molecule has 2 aromatic carbocycles. The van der Waals surface area contributed by atoms with Crippen molar-refractivity contribution in [3.05, 3.63) is 81.5 Å². The first kappa shape index (κ1) is 28.1. The minimum Gasteiger partial charge on any atom is -0.390 e. The summed E-state index contributed by atoms with van der Waals surface area (Å²) in [5.41, 5.74) is 3.14. The van der Waals surface area contributed by atoms with Crippen LogP contribution in [0.4, 0.5) is 8.78 Å². The number of carbonyl (C=O) groups excluding carboxylic acids is 2. The quantitative estimate of drug-likeness (QED) is 0.286. The summed E-state index contributed by atoms with van der Waals surface area (Å²) in [5.74, 6) is -1.68. The third kappa shape index (κ3) is 6.92. The van der Waals surface area contributed by atoms with Gasteiger partial charge in [0.2, 0.25) is 5.91 Å². The fraction of sp³-hybridized carbons (Fsp3) is 0.400. The summed E-state index contributed by atoms with van der Waals surface area (Å²) in [5, 5.41) is 19.5. The zero-order valence-electron chi connectivity index (χ0n) is 21.7. The summed E-state index contributed by atoms with van der Waals surface area (Å²) in [4.78, 5) is 24.4. The summed E-state index contributed by atoms with van der Waals surface area (Å²) in [6.07, 6.45) is 4.11. The smallest absolute Gasteiger partial charge is 0.217 e. The monoisotopic (exact) mass is 540 g/mol. The van der Waals surface area contributed by atoms with E-state index in [4.69, 9.17) is 0 Å². The molecule has 0 aliphatic heterocycles. The third-order valence-corrected chi connectivity index (χ3v) is 8.31. The molecule has 38 heavy (non-hydrogen) atoms. The SMILES string of the molecule is CC(=O)NC(Cc1cc(F)cc(F)c1)C(O)CNC1(c2cccc(-c3csc(C(C)=O)c3)c2)CCCCC1. The Hall–Kier alpha value is -2.94. The number of aliphatic hydroxyl groups excluding tert-OH is 1. The van der Waals surface area contributed by atoms with Crippen LogP contribution < -0.4 is 10.6 Å². The molecule has 4 rings (SSSR count). The molecule has 0 saturated heterocycles. The zero-order chi connectivity index (χ0) is 27.3. The van der Waals surface area contributed by atoms with E-state index in [9.17, 15) is 23.5 Å². The topological polar surface area (TPSA) is 78.4 Å². The van der Waals surface area contributed by atoms with Gasteiger partial charge in [0, 0.05) is 25.1 Å². The van der Waals surface area contributed by atoms with E-state index in [0.717, 1.165) is 59.7 Å². The Morgan fingerprint density at radius 1 is 1.00 bits per heavy atom. The van der Waals surface area contributed by atoms with Crippen molar-refractivity contribution in [2.45, 2.75) is 70.1 Å². The second kappa shape index (κ2) is 12.3. The second-order valence-electron chi connectivity index (χ2n) is 10.2. The number of ketones is 1. The summed E-state index contributed by atoms with van der Waals surface area (Å²) in [7, 11) is 0. The van der Waals surface area contributed by atoms with Crippen molar-refractivity contribution < 1.29 is 23.5 Å². The van der Waals surface area contributed by atoms with Crippen molar-refractivity contribution in [1.82, 2.24) is 10.6 Å². The van der Waals surface area contributed by atoms with Crippen LogP contribution in [0.2, 0.25) is 0 Å². The highest BCUT2D eigenvalue weighted by atomic mass is 32.1. The van der Waals surface area contributed by atoms with Gasteiger partial charge in [0.05, 0.1) is 17.0 Å². The van der Waals surface area contributed by atoms with Gasteiger partial charge in [-0.2, -0.15) is 0 Å². The van der Waals surface area contributed by atoms with Crippen LogP contribution in [0, 0.1) is 11.6 Å². The van der Waals surface area contributed by atoms with E-state index in [0.29, 0.717) is 5.56 Å². The predicted molar refractivity (Wildman–Crippen MR) is 146 cm³/mol. The summed E-state index contributed by atoms with van der Waals surface area (Å²) in [6.45, 7) is 3.12. The number of nitrogens with one attached hydrogen (secondary N) is 2. The van der Waals surface area contributed by atoms with Crippen molar-refractivity contribution in [1.29, 1.82) is 0 Å². The van der Waals surface area contributed by atoms with Gasteiger partial charge in [-0.1, -0.05) is 37.5 Å². The van der Waals surface area contributed by atoms with Crippen LogP contribution in [0.5, 0.6) is 0 Å². The lowest BCUT2D eigenvalue weighted by Crippen LogP contribution is -2.53. The summed E-state index contributed by atoms with van der Waals surface area (Å²) < 4.78 is 27.5. The van der Waals surface area contributed by atoms with E-state index in [1.165, 1.54) is 30.4 Å². The van der Waals surface area contributed by atoms with Gasteiger partial charge in [-0.15, -0.1) is 11.3 Å². The van der Waals surface area contributed by atoms with Gasteiger partial charge >= 0.3 is 0 Å². The number of hydrogen-bond acceptors (Lipinski definition) is 5. The zero-order valence-corrected chi connectivity index (χ0v) is 22.5. The first-order chi connectivity index (χ1) is 18.1. The normalized spacial score (nSPS) is 16.6. The van der Waals surface area contributed by atoms with Crippen molar-refractivity contribution in [3.8, 4) is 11.1 Å². The molecule has 1 aliphatic rings. The number of halogens is 2. The number of hydrogen-bond donors (Lipinski definition) is 3. The van der Waals surface area contributed by atoms with Crippen molar-refractivity contribution in [2.75, 3.05) is 6.54 Å². The van der Waals surface area contributed by atoms with Crippen LogP contribution in [0.25, 0.3) is 11.1 Å². The molecule has 0 radical (unpaired) electrons.